The standard InChI is InChI=1S/C20H20N2O6/c1-25-12-6-5-11-7-16(21-14(11)8-12)19(23)22-15-10-18(27-3)17(26-2)9-13(15)20(24)28-4/h5-10,21H,1-4H3,(H,22,23). The summed E-state index contributed by atoms with van der Waals surface area (Å²) in [6.45, 7) is 0. The van der Waals surface area contributed by atoms with Crippen LogP contribution in [0.1, 0.15) is 20.8 Å². The molecule has 3 aromatic rings. The predicted octanol–water partition coefficient (Wildman–Crippen LogP) is 3.23. The minimum atomic E-state index is -0.613. The third-order valence-electron chi connectivity index (χ3n) is 4.25. The second-order valence-electron chi connectivity index (χ2n) is 5.83. The van der Waals surface area contributed by atoms with Crippen LogP contribution in [-0.4, -0.2) is 45.3 Å². The van der Waals surface area contributed by atoms with Gasteiger partial charge in [-0.05, 0) is 18.2 Å². The Bertz CT molecular complexity index is 1040. The Morgan fingerprint density at radius 2 is 1.61 bits per heavy atom. The maximum atomic E-state index is 12.8. The fourth-order valence-electron chi connectivity index (χ4n) is 2.81. The maximum absolute atomic E-state index is 12.8. The summed E-state index contributed by atoms with van der Waals surface area (Å²) in [5.41, 5.74) is 1.47. The average Bonchev–Trinajstić information content (AvgIpc) is 3.16. The Morgan fingerprint density at radius 3 is 2.25 bits per heavy atom. The van der Waals surface area contributed by atoms with Gasteiger partial charge in [0, 0.05) is 29.1 Å². The zero-order chi connectivity index (χ0) is 20.3. The zero-order valence-corrected chi connectivity index (χ0v) is 15.9. The number of benzene rings is 2. The van der Waals surface area contributed by atoms with Crippen LogP contribution >= 0.6 is 0 Å². The number of carbonyl (C=O) groups excluding carboxylic acids is 2. The quantitative estimate of drug-likeness (QED) is 0.633. The van der Waals surface area contributed by atoms with Gasteiger partial charge in [-0.25, -0.2) is 4.79 Å². The van der Waals surface area contributed by atoms with Gasteiger partial charge in [0.1, 0.15) is 11.4 Å². The van der Waals surface area contributed by atoms with Gasteiger partial charge >= 0.3 is 5.97 Å². The van der Waals surface area contributed by atoms with Gasteiger partial charge in [-0.15, -0.1) is 0 Å². The number of esters is 1. The summed E-state index contributed by atoms with van der Waals surface area (Å²) in [6.07, 6.45) is 0. The third-order valence-corrected chi connectivity index (χ3v) is 4.25. The fourth-order valence-corrected chi connectivity index (χ4v) is 2.81. The van der Waals surface area contributed by atoms with Crippen LogP contribution in [-0.2, 0) is 4.74 Å². The van der Waals surface area contributed by atoms with E-state index < -0.39 is 11.9 Å². The van der Waals surface area contributed by atoms with E-state index >= 15 is 0 Å². The Balaban J connectivity index is 1.97. The predicted molar refractivity (Wildman–Crippen MR) is 104 cm³/mol. The third kappa shape index (κ3) is 3.57. The molecule has 8 nitrogen and oxygen atoms in total. The molecule has 0 aliphatic carbocycles. The molecular weight excluding hydrogens is 364 g/mol. The van der Waals surface area contributed by atoms with Crippen molar-refractivity contribution in [2.45, 2.75) is 0 Å². The number of nitrogens with one attached hydrogen (secondary N) is 2. The monoisotopic (exact) mass is 384 g/mol. The first-order valence-corrected chi connectivity index (χ1v) is 8.33. The summed E-state index contributed by atoms with van der Waals surface area (Å²) >= 11 is 0. The van der Waals surface area contributed by atoms with Crippen LogP contribution in [0.25, 0.3) is 10.9 Å². The lowest BCUT2D eigenvalue weighted by molar-refractivity contribution is 0.0601. The van der Waals surface area contributed by atoms with Crippen molar-refractivity contribution in [2.75, 3.05) is 33.8 Å². The average molecular weight is 384 g/mol. The van der Waals surface area contributed by atoms with E-state index in [4.69, 9.17) is 18.9 Å². The molecule has 0 bridgehead atoms. The second kappa shape index (κ2) is 7.91. The topological polar surface area (TPSA) is 98.9 Å². The molecule has 1 amide bonds. The molecular formula is C20H20N2O6. The van der Waals surface area contributed by atoms with Crippen molar-refractivity contribution < 1.29 is 28.5 Å². The Hall–Kier alpha value is -3.68. The number of ether oxygens (including phenoxy) is 4. The molecule has 0 aliphatic rings. The van der Waals surface area contributed by atoms with Gasteiger partial charge in [0.2, 0.25) is 0 Å². The molecule has 0 radical (unpaired) electrons. The van der Waals surface area contributed by atoms with Gasteiger partial charge < -0.3 is 29.2 Å². The van der Waals surface area contributed by atoms with Gasteiger partial charge in [0.05, 0.1) is 39.7 Å². The summed E-state index contributed by atoms with van der Waals surface area (Å²) < 4.78 is 20.5. The Morgan fingerprint density at radius 1 is 0.893 bits per heavy atom. The molecule has 0 saturated heterocycles. The molecule has 1 heterocycles. The minimum Gasteiger partial charge on any atom is -0.497 e. The molecule has 8 heteroatoms. The molecule has 0 aliphatic heterocycles. The largest absolute Gasteiger partial charge is 0.497 e. The molecule has 0 saturated carbocycles. The van der Waals surface area contributed by atoms with E-state index in [9.17, 15) is 9.59 Å². The van der Waals surface area contributed by atoms with E-state index in [1.807, 2.05) is 12.1 Å². The number of amides is 1. The zero-order valence-electron chi connectivity index (χ0n) is 15.9. The van der Waals surface area contributed by atoms with E-state index in [2.05, 4.69) is 10.3 Å². The van der Waals surface area contributed by atoms with Crippen LogP contribution in [0.5, 0.6) is 17.2 Å². The Labute approximate surface area is 161 Å². The lowest BCUT2D eigenvalue weighted by Crippen LogP contribution is -2.16. The molecule has 0 fully saturated rings. The summed E-state index contributed by atoms with van der Waals surface area (Å²) in [6, 6.07) is 10.1. The number of carbonyl (C=O) groups is 2. The van der Waals surface area contributed by atoms with Crippen LogP contribution in [0.2, 0.25) is 0 Å². The first-order valence-electron chi connectivity index (χ1n) is 8.33. The lowest BCUT2D eigenvalue weighted by Gasteiger charge is -2.14. The van der Waals surface area contributed by atoms with Crippen molar-refractivity contribution in [1.29, 1.82) is 0 Å². The number of fused-ring (bicyclic) bond motifs is 1. The number of rotatable bonds is 6. The molecule has 3 rings (SSSR count). The van der Waals surface area contributed by atoms with Crippen LogP contribution in [0.15, 0.2) is 36.4 Å². The lowest BCUT2D eigenvalue weighted by atomic mass is 10.1. The van der Waals surface area contributed by atoms with E-state index in [1.165, 1.54) is 33.5 Å². The van der Waals surface area contributed by atoms with Gasteiger partial charge in [-0.1, -0.05) is 0 Å². The fraction of sp³-hybridized carbons (Fsp3) is 0.200. The first kappa shape index (κ1) is 19.1. The first-order chi connectivity index (χ1) is 13.5. The number of aromatic amines is 1. The molecule has 2 aromatic carbocycles. The normalized spacial score (nSPS) is 10.4. The number of aromatic nitrogens is 1. The molecule has 28 heavy (non-hydrogen) atoms. The molecule has 0 spiro atoms. The number of anilines is 1. The van der Waals surface area contributed by atoms with Crippen LogP contribution in [0, 0.1) is 0 Å². The highest BCUT2D eigenvalue weighted by Gasteiger charge is 2.20. The van der Waals surface area contributed by atoms with Crippen molar-refractivity contribution >= 4 is 28.5 Å². The van der Waals surface area contributed by atoms with Crippen molar-refractivity contribution in [2.24, 2.45) is 0 Å². The highest BCUT2D eigenvalue weighted by atomic mass is 16.5. The van der Waals surface area contributed by atoms with E-state index in [-0.39, 0.29) is 11.3 Å². The summed E-state index contributed by atoms with van der Waals surface area (Å²) in [5.74, 6) is 0.352. The van der Waals surface area contributed by atoms with Gasteiger partial charge in [-0.3, -0.25) is 4.79 Å². The number of H-pyrrole nitrogens is 1. The highest BCUT2D eigenvalue weighted by molar-refractivity contribution is 6.09. The van der Waals surface area contributed by atoms with Crippen LogP contribution in [0.3, 0.4) is 0 Å². The maximum Gasteiger partial charge on any atom is 0.340 e. The van der Waals surface area contributed by atoms with Crippen molar-refractivity contribution in [3.05, 3.63) is 47.7 Å². The van der Waals surface area contributed by atoms with Crippen LogP contribution < -0.4 is 19.5 Å². The smallest absolute Gasteiger partial charge is 0.340 e. The molecule has 2 N–H and O–H groups in total. The van der Waals surface area contributed by atoms with Gasteiger partial charge in [0.15, 0.2) is 11.5 Å². The SMILES string of the molecule is COC(=O)c1cc(OC)c(OC)cc1NC(=O)c1cc2ccc(OC)cc2[nH]1. The van der Waals surface area contributed by atoms with Gasteiger partial charge in [0.25, 0.3) is 5.91 Å². The number of methoxy groups -OCH3 is 4. The summed E-state index contributed by atoms with van der Waals surface area (Å²) in [7, 11) is 5.75. The number of hydrogen-bond acceptors (Lipinski definition) is 6. The highest BCUT2D eigenvalue weighted by Crippen LogP contribution is 2.34. The molecule has 146 valence electrons. The van der Waals surface area contributed by atoms with E-state index in [0.29, 0.717) is 22.9 Å². The van der Waals surface area contributed by atoms with E-state index in [0.717, 1.165) is 10.9 Å². The van der Waals surface area contributed by atoms with E-state index in [1.54, 1.807) is 19.2 Å². The van der Waals surface area contributed by atoms with Crippen LogP contribution in [0.4, 0.5) is 5.69 Å². The van der Waals surface area contributed by atoms with Gasteiger partial charge in [-0.2, -0.15) is 0 Å². The molecule has 0 atom stereocenters. The summed E-state index contributed by atoms with van der Waals surface area (Å²) in [4.78, 5) is 27.9. The number of hydrogen-bond donors (Lipinski definition) is 2. The second-order valence-corrected chi connectivity index (χ2v) is 5.83. The minimum absolute atomic E-state index is 0.145. The summed E-state index contributed by atoms with van der Waals surface area (Å²) in [5, 5.41) is 3.57. The van der Waals surface area contributed by atoms with Crippen molar-refractivity contribution in [3.8, 4) is 17.2 Å². The molecule has 1 aromatic heterocycles. The molecule has 0 unspecified atom stereocenters. The Kier molecular flexibility index (Phi) is 5.39. The van der Waals surface area contributed by atoms with Crippen molar-refractivity contribution in [3.63, 3.8) is 0 Å². The van der Waals surface area contributed by atoms with Crippen molar-refractivity contribution in [1.82, 2.24) is 4.98 Å².